The maximum Gasteiger partial charge on any atom is 0.109 e. The molecule has 1 aliphatic rings. The highest BCUT2D eigenvalue weighted by molar-refractivity contribution is 4.93. The Morgan fingerprint density at radius 2 is 2.35 bits per heavy atom. The summed E-state index contributed by atoms with van der Waals surface area (Å²) in [6.07, 6.45) is 4.95. The van der Waals surface area contributed by atoms with Gasteiger partial charge in [0.25, 0.3) is 0 Å². The lowest BCUT2D eigenvalue weighted by Gasteiger charge is -2.38. The Hall–Kier alpha value is -0.870. The van der Waals surface area contributed by atoms with Crippen LogP contribution in [0.5, 0.6) is 0 Å². The van der Waals surface area contributed by atoms with Crippen LogP contribution < -0.4 is 5.32 Å². The zero-order valence-electron chi connectivity index (χ0n) is 11.2. The second-order valence-corrected chi connectivity index (χ2v) is 5.26. The van der Waals surface area contributed by atoms with Crippen molar-refractivity contribution in [1.29, 1.82) is 0 Å². The van der Waals surface area contributed by atoms with Crippen LogP contribution in [0.25, 0.3) is 0 Å². The first-order valence-corrected chi connectivity index (χ1v) is 6.59. The van der Waals surface area contributed by atoms with Crippen LogP contribution in [0.4, 0.5) is 0 Å². The summed E-state index contributed by atoms with van der Waals surface area (Å²) in [5.74, 6) is 1.90. The fourth-order valence-electron chi connectivity index (χ4n) is 2.58. The molecule has 2 rings (SSSR count). The van der Waals surface area contributed by atoms with E-state index in [0.29, 0.717) is 12.0 Å². The van der Waals surface area contributed by atoms with Gasteiger partial charge in [-0.05, 0) is 5.92 Å². The fraction of sp³-hybridized carbons (Fsp3) is 0.769. The molecule has 1 unspecified atom stereocenters. The summed E-state index contributed by atoms with van der Waals surface area (Å²) in [5, 5.41) is 3.49. The molecule has 4 nitrogen and oxygen atoms in total. The van der Waals surface area contributed by atoms with E-state index in [9.17, 15) is 0 Å². The van der Waals surface area contributed by atoms with Crippen LogP contribution in [-0.2, 0) is 13.5 Å². The van der Waals surface area contributed by atoms with Gasteiger partial charge in [0.05, 0.1) is 0 Å². The molecule has 1 aromatic rings. The van der Waals surface area contributed by atoms with E-state index >= 15 is 0 Å². The van der Waals surface area contributed by atoms with Crippen molar-refractivity contribution >= 4 is 0 Å². The molecule has 0 bridgehead atoms. The molecule has 2 heterocycles. The normalized spacial score (nSPS) is 22.2. The first-order chi connectivity index (χ1) is 8.18. The van der Waals surface area contributed by atoms with Crippen LogP contribution in [0.3, 0.4) is 0 Å². The summed E-state index contributed by atoms with van der Waals surface area (Å²) < 4.78 is 2.12. The Bertz CT molecular complexity index is 345. The van der Waals surface area contributed by atoms with Crippen LogP contribution in [0.1, 0.15) is 19.7 Å². The lowest BCUT2D eigenvalue weighted by Crippen LogP contribution is -2.54. The molecular weight excluding hydrogens is 212 g/mol. The largest absolute Gasteiger partial charge is 0.338 e. The standard InChI is InChI=1S/C13H24N4/c1-11(2)12-10-14-5-9-17(12)7-4-13-15-6-8-16(13)3/h6,8,11-12,14H,4-5,7,9-10H2,1-3H3. The third kappa shape index (κ3) is 3.07. The van der Waals surface area contributed by atoms with Crippen molar-refractivity contribution in [1.82, 2.24) is 19.8 Å². The van der Waals surface area contributed by atoms with Crippen LogP contribution in [0.15, 0.2) is 12.4 Å². The summed E-state index contributed by atoms with van der Waals surface area (Å²) in [7, 11) is 2.07. The lowest BCUT2D eigenvalue weighted by molar-refractivity contribution is 0.125. The summed E-state index contributed by atoms with van der Waals surface area (Å²) in [4.78, 5) is 7.00. The summed E-state index contributed by atoms with van der Waals surface area (Å²) in [6.45, 7) is 9.14. The van der Waals surface area contributed by atoms with Crippen molar-refractivity contribution < 1.29 is 0 Å². The number of piperazine rings is 1. The second-order valence-electron chi connectivity index (χ2n) is 5.26. The van der Waals surface area contributed by atoms with Gasteiger partial charge >= 0.3 is 0 Å². The number of hydrogen-bond donors (Lipinski definition) is 1. The van der Waals surface area contributed by atoms with Crippen LogP contribution >= 0.6 is 0 Å². The Kier molecular flexibility index (Phi) is 4.18. The van der Waals surface area contributed by atoms with E-state index in [1.807, 2.05) is 12.4 Å². The highest BCUT2D eigenvalue weighted by Crippen LogP contribution is 2.13. The molecule has 0 saturated carbocycles. The van der Waals surface area contributed by atoms with Gasteiger partial charge in [0.2, 0.25) is 0 Å². The highest BCUT2D eigenvalue weighted by atomic mass is 15.2. The molecule has 1 aromatic heterocycles. The van der Waals surface area contributed by atoms with Crippen LogP contribution in [0, 0.1) is 5.92 Å². The quantitative estimate of drug-likeness (QED) is 0.843. The number of hydrogen-bond acceptors (Lipinski definition) is 3. The summed E-state index contributed by atoms with van der Waals surface area (Å²) >= 11 is 0. The average Bonchev–Trinajstić information content (AvgIpc) is 2.72. The van der Waals surface area contributed by atoms with E-state index in [2.05, 4.69) is 40.7 Å². The van der Waals surface area contributed by atoms with Crippen molar-refractivity contribution in [2.24, 2.45) is 13.0 Å². The minimum Gasteiger partial charge on any atom is -0.338 e. The minimum absolute atomic E-state index is 0.670. The molecule has 1 N–H and O–H groups in total. The van der Waals surface area contributed by atoms with Crippen LogP contribution in [0.2, 0.25) is 0 Å². The van der Waals surface area contributed by atoms with Gasteiger partial charge in [-0.3, -0.25) is 4.90 Å². The number of aryl methyl sites for hydroxylation is 1. The SMILES string of the molecule is CC(C)C1CNCCN1CCc1nccn1C. The van der Waals surface area contributed by atoms with E-state index in [1.54, 1.807) is 0 Å². The maximum atomic E-state index is 4.39. The van der Waals surface area contributed by atoms with E-state index in [0.717, 1.165) is 32.6 Å². The molecular formula is C13H24N4. The molecule has 4 heteroatoms. The molecule has 96 valence electrons. The van der Waals surface area contributed by atoms with Gasteiger partial charge in [-0.2, -0.15) is 0 Å². The van der Waals surface area contributed by atoms with Gasteiger partial charge in [0.1, 0.15) is 5.82 Å². The molecule has 0 amide bonds. The predicted octanol–water partition coefficient (Wildman–Crippen LogP) is 0.892. The number of aromatic nitrogens is 2. The summed E-state index contributed by atoms with van der Waals surface area (Å²) in [6, 6.07) is 0.670. The lowest BCUT2D eigenvalue weighted by atomic mass is 10.0. The molecule has 1 saturated heterocycles. The molecule has 0 radical (unpaired) electrons. The molecule has 1 fully saturated rings. The highest BCUT2D eigenvalue weighted by Gasteiger charge is 2.24. The molecule has 1 atom stereocenters. The van der Waals surface area contributed by atoms with E-state index in [4.69, 9.17) is 0 Å². The van der Waals surface area contributed by atoms with Gasteiger partial charge in [0.15, 0.2) is 0 Å². The number of rotatable bonds is 4. The molecule has 17 heavy (non-hydrogen) atoms. The van der Waals surface area contributed by atoms with Crippen molar-refractivity contribution in [3.05, 3.63) is 18.2 Å². The van der Waals surface area contributed by atoms with Crippen molar-refractivity contribution in [3.63, 3.8) is 0 Å². The molecule has 0 aromatic carbocycles. The third-order valence-electron chi connectivity index (χ3n) is 3.71. The first-order valence-electron chi connectivity index (χ1n) is 6.59. The van der Waals surface area contributed by atoms with Crippen molar-refractivity contribution in [2.45, 2.75) is 26.3 Å². The second kappa shape index (κ2) is 5.65. The Labute approximate surface area is 104 Å². The predicted molar refractivity (Wildman–Crippen MR) is 70.0 cm³/mol. The van der Waals surface area contributed by atoms with Gasteiger partial charge < -0.3 is 9.88 Å². The Morgan fingerprint density at radius 1 is 1.53 bits per heavy atom. The number of nitrogens with zero attached hydrogens (tertiary/aromatic N) is 3. The first kappa shape index (κ1) is 12.6. The van der Waals surface area contributed by atoms with Gasteiger partial charge in [0, 0.05) is 58.1 Å². The Balaban J connectivity index is 1.90. The van der Waals surface area contributed by atoms with Crippen molar-refractivity contribution in [2.75, 3.05) is 26.2 Å². The monoisotopic (exact) mass is 236 g/mol. The average molecular weight is 236 g/mol. The van der Waals surface area contributed by atoms with Crippen molar-refractivity contribution in [3.8, 4) is 0 Å². The van der Waals surface area contributed by atoms with E-state index < -0.39 is 0 Å². The third-order valence-corrected chi connectivity index (χ3v) is 3.71. The molecule has 1 aliphatic heterocycles. The zero-order valence-corrected chi connectivity index (χ0v) is 11.2. The maximum absolute atomic E-state index is 4.39. The van der Waals surface area contributed by atoms with Gasteiger partial charge in [-0.1, -0.05) is 13.8 Å². The topological polar surface area (TPSA) is 33.1 Å². The van der Waals surface area contributed by atoms with Gasteiger partial charge in [-0.25, -0.2) is 4.98 Å². The summed E-state index contributed by atoms with van der Waals surface area (Å²) in [5.41, 5.74) is 0. The minimum atomic E-state index is 0.670. The number of imidazole rings is 1. The van der Waals surface area contributed by atoms with Crippen LogP contribution in [-0.4, -0.2) is 46.7 Å². The fourth-order valence-corrected chi connectivity index (χ4v) is 2.58. The van der Waals surface area contributed by atoms with E-state index in [1.165, 1.54) is 5.82 Å². The molecule has 0 aliphatic carbocycles. The number of nitrogens with one attached hydrogen (secondary N) is 1. The smallest absolute Gasteiger partial charge is 0.109 e. The Morgan fingerprint density at radius 3 is 3.00 bits per heavy atom. The van der Waals surface area contributed by atoms with E-state index in [-0.39, 0.29) is 0 Å². The molecule has 0 spiro atoms. The van der Waals surface area contributed by atoms with Gasteiger partial charge in [-0.15, -0.1) is 0 Å². The zero-order chi connectivity index (χ0) is 12.3.